The number of nitrogens with zero attached hydrogens (tertiary/aromatic N) is 2. The van der Waals surface area contributed by atoms with Gasteiger partial charge >= 0.3 is 0 Å². The van der Waals surface area contributed by atoms with Gasteiger partial charge in [-0.15, -0.1) is 0 Å². The number of nitrogens with two attached hydrogens (primary N) is 1. The van der Waals surface area contributed by atoms with Gasteiger partial charge in [0.2, 0.25) is 0 Å². The lowest BCUT2D eigenvalue weighted by Crippen LogP contribution is -2.32. The van der Waals surface area contributed by atoms with Gasteiger partial charge in [-0.2, -0.15) is 0 Å². The largest absolute Gasteiger partial charge is 0.337 e. The lowest BCUT2D eigenvalue weighted by molar-refractivity contribution is 0.0784. The number of rotatable bonds is 3. The summed E-state index contributed by atoms with van der Waals surface area (Å²) in [6, 6.07) is 9.88. The van der Waals surface area contributed by atoms with Crippen LogP contribution in [-0.2, 0) is 0 Å². The molecule has 1 saturated heterocycles. The fourth-order valence-electron chi connectivity index (χ4n) is 3.56. The van der Waals surface area contributed by atoms with Crippen molar-refractivity contribution in [3.8, 4) is 11.3 Å². The van der Waals surface area contributed by atoms with Crippen molar-refractivity contribution in [1.82, 2.24) is 9.88 Å². The van der Waals surface area contributed by atoms with Crippen LogP contribution in [0.4, 0.5) is 4.39 Å². The van der Waals surface area contributed by atoms with Gasteiger partial charge in [0.25, 0.3) is 5.91 Å². The van der Waals surface area contributed by atoms with E-state index in [9.17, 15) is 9.18 Å². The summed E-state index contributed by atoms with van der Waals surface area (Å²) in [5.41, 5.74) is 8.10. The van der Waals surface area contributed by atoms with Gasteiger partial charge in [0.05, 0.1) is 11.3 Å². The minimum absolute atomic E-state index is 0.0214. The summed E-state index contributed by atoms with van der Waals surface area (Å²) < 4.78 is 13.3. The topological polar surface area (TPSA) is 59.2 Å². The van der Waals surface area contributed by atoms with Crippen molar-refractivity contribution < 1.29 is 9.18 Å². The van der Waals surface area contributed by atoms with Crippen molar-refractivity contribution in [3.05, 3.63) is 54.0 Å². The second kappa shape index (κ2) is 5.98. The average molecular weight is 325 g/mol. The monoisotopic (exact) mass is 325 g/mol. The number of aromatic nitrogens is 1. The molecule has 2 heterocycles. The third kappa shape index (κ3) is 2.91. The fourth-order valence-corrected chi connectivity index (χ4v) is 3.56. The second-order valence-electron chi connectivity index (χ2n) is 6.82. The molecule has 4 rings (SSSR count). The van der Waals surface area contributed by atoms with E-state index in [2.05, 4.69) is 4.98 Å². The molecule has 1 aliphatic carbocycles. The minimum atomic E-state index is -0.299. The Morgan fingerprint density at radius 2 is 2.04 bits per heavy atom. The minimum Gasteiger partial charge on any atom is -0.337 e. The number of halogens is 1. The molecule has 2 atom stereocenters. The quantitative estimate of drug-likeness (QED) is 0.944. The van der Waals surface area contributed by atoms with Gasteiger partial charge < -0.3 is 10.6 Å². The molecule has 0 bridgehead atoms. The van der Waals surface area contributed by atoms with Crippen LogP contribution >= 0.6 is 0 Å². The van der Waals surface area contributed by atoms with E-state index in [0.717, 1.165) is 6.54 Å². The molecule has 1 saturated carbocycles. The second-order valence-corrected chi connectivity index (χ2v) is 6.82. The van der Waals surface area contributed by atoms with Crippen molar-refractivity contribution in [2.24, 2.45) is 17.6 Å². The fraction of sp³-hybridized carbons (Fsp3) is 0.368. The van der Waals surface area contributed by atoms with Crippen LogP contribution in [-0.4, -0.2) is 34.9 Å². The summed E-state index contributed by atoms with van der Waals surface area (Å²) in [6.45, 7) is 1.36. The molecule has 5 heteroatoms. The van der Waals surface area contributed by atoms with E-state index in [-0.39, 0.29) is 17.8 Å². The van der Waals surface area contributed by atoms with Crippen LogP contribution in [0.5, 0.6) is 0 Å². The zero-order valence-electron chi connectivity index (χ0n) is 13.4. The van der Waals surface area contributed by atoms with Crippen molar-refractivity contribution in [1.29, 1.82) is 0 Å². The number of carbonyl (C=O) groups excluding carboxylic acids is 1. The van der Waals surface area contributed by atoms with E-state index in [4.69, 9.17) is 5.73 Å². The first kappa shape index (κ1) is 15.3. The average Bonchev–Trinajstić information content (AvgIpc) is 3.36. The summed E-state index contributed by atoms with van der Waals surface area (Å²) in [5, 5.41) is 0. The summed E-state index contributed by atoms with van der Waals surface area (Å²) >= 11 is 0. The van der Waals surface area contributed by atoms with Gasteiger partial charge in [-0.3, -0.25) is 9.78 Å². The third-order valence-electron chi connectivity index (χ3n) is 5.06. The summed E-state index contributed by atoms with van der Waals surface area (Å²) in [4.78, 5) is 18.8. The van der Waals surface area contributed by atoms with Crippen LogP contribution in [0, 0.1) is 17.7 Å². The van der Waals surface area contributed by atoms with Crippen LogP contribution in [0.25, 0.3) is 11.3 Å². The molecule has 0 radical (unpaired) electrons. The maximum absolute atomic E-state index is 13.3. The number of likely N-dealkylation sites (tertiary alicyclic amines) is 1. The normalized spacial score (nSPS) is 23.5. The number of carbonyl (C=O) groups is 1. The molecule has 2 aromatic rings. The number of benzene rings is 1. The van der Waals surface area contributed by atoms with Crippen molar-refractivity contribution in [2.45, 2.75) is 18.9 Å². The maximum atomic E-state index is 13.3. The van der Waals surface area contributed by atoms with E-state index in [1.54, 1.807) is 30.5 Å². The van der Waals surface area contributed by atoms with Crippen molar-refractivity contribution in [2.75, 3.05) is 13.1 Å². The van der Waals surface area contributed by atoms with Crippen molar-refractivity contribution >= 4 is 5.91 Å². The summed E-state index contributed by atoms with van der Waals surface area (Å²) in [7, 11) is 0. The Balaban J connectivity index is 1.49. The van der Waals surface area contributed by atoms with Gasteiger partial charge in [0, 0.05) is 30.9 Å². The zero-order chi connectivity index (χ0) is 16.7. The number of hydrogen-bond acceptors (Lipinski definition) is 3. The molecule has 2 aliphatic rings. The predicted octanol–water partition coefficient (Wildman–Crippen LogP) is 2.70. The Morgan fingerprint density at radius 1 is 1.21 bits per heavy atom. The molecule has 1 aliphatic heterocycles. The molecule has 0 spiro atoms. The standard InChI is InChI=1S/C19H20FN3O/c20-15-3-1-2-13(8-15)18-7-6-14(9-22-18)19(24)23-10-16(12-4-5-12)17(21)11-23/h1-3,6-9,12,16-17H,4-5,10-11,21H2/t16-,17+/m1/s1. The smallest absolute Gasteiger partial charge is 0.255 e. The van der Waals surface area contributed by atoms with Gasteiger partial charge in [-0.25, -0.2) is 4.39 Å². The van der Waals surface area contributed by atoms with E-state index < -0.39 is 0 Å². The van der Waals surface area contributed by atoms with E-state index in [1.165, 1.54) is 25.0 Å². The number of pyridine rings is 1. The van der Waals surface area contributed by atoms with Gasteiger partial charge in [0.1, 0.15) is 5.82 Å². The molecule has 24 heavy (non-hydrogen) atoms. The number of hydrogen-bond donors (Lipinski definition) is 1. The molecule has 124 valence electrons. The first-order valence-electron chi connectivity index (χ1n) is 8.38. The molecule has 2 N–H and O–H groups in total. The van der Waals surface area contributed by atoms with E-state index >= 15 is 0 Å². The van der Waals surface area contributed by atoms with Crippen LogP contribution < -0.4 is 5.73 Å². The number of amides is 1. The SMILES string of the molecule is N[C@H]1CN(C(=O)c2ccc(-c3cccc(F)c3)nc2)C[C@@H]1C1CC1. The summed E-state index contributed by atoms with van der Waals surface area (Å²) in [5.74, 6) is 0.818. The Kier molecular flexibility index (Phi) is 3.81. The Bertz CT molecular complexity index is 757. The zero-order valence-corrected chi connectivity index (χ0v) is 13.4. The first-order valence-corrected chi connectivity index (χ1v) is 8.38. The Labute approximate surface area is 140 Å². The molecule has 1 amide bonds. The molecule has 0 unspecified atom stereocenters. The maximum Gasteiger partial charge on any atom is 0.255 e. The molecular weight excluding hydrogens is 305 g/mol. The van der Waals surface area contributed by atoms with Gasteiger partial charge in [0.15, 0.2) is 0 Å². The Hall–Kier alpha value is -2.27. The summed E-state index contributed by atoms with van der Waals surface area (Å²) in [6.07, 6.45) is 4.05. The molecule has 4 nitrogen and oxygen atoms in total. The van der Waals surface area contributed by atoms with E-state index in [1.807, 2.05) is 4.90 Å². The van der Waals surface area contributed by atoms with E-state index in [0.29, 0.717) is 35.2 Å². The lowest BCUT2D eigenvalue weighted by Gasteiger charge is -2.16. The lowest BCUT2D eigenvalue weighted by atomic mass is 9.99. The highest BCUT2D eigenvalue weighted by molar-refractivity contribution is 5.94. The highest BCUT2D eigenvalue weighted by Crippen LogP contribution is 2.41. The van der Waals surface area contributed by atoms with Gasteiger partial charge in [-0.05, 0) is 48.9 Å². The van der Waals surface area contributed by atoms with Crippen molar-refractivity contribution in [3.63, 3.8) is 0 Å². The molecule has 2 fully saturated rings. The van der Waals surface area contributed by atoms with Crippen LogP contribution in [0.2, 0.25) is 0 Å². The molecule has 1 aromatic heterocycles. The molecular formula is C19H20FN3O. The highest BCUT2D eigenvalue weighted by atomic mass is 19.1. The van der Waals surface area contributed by atoms with Crippen LogP contribution in [0.15, 0.2) is 42.6 Å². The predicted molar refractivity (Wildman–Crippen MR) is 89.7 cm³/mol. The highest BCUT2D eigenvalue weighted by Gasteiger charge is 2.42. The Morgan fingerprint density at radius 3 is 2.71 bits per heavy atom. The van der Waals surface area contributed by atoms with Crippen LogP contribution in [0.3, 0.4) is 0 Å². The third-order valence-corrected chi connectivity index (χ3v) is 5.06. The molecule has 1 aromatic carbocycles. The van der Waals surface area contributed by atoms with Crippen LogP contribution in [0.1, 0.15) is 23.2 Å². The van der Waals surface area contributed by atoms with Gasteiger partial charge in [-0.1, -0.05) is 12.1 Å². The first-order chi connectivity index (χ1) is 11.6.